The third kappa shape index (κ3) is 2.80. The highest BCUT2D eigenvalue weighted by Gasteiger charge is 2.26. The number of nitrogens with zero attached hydrogens (tertiary/aromatic N) is 4. The molecule has 26 heavy (non-hydrogen) atoms. The Bertz CT molecular complexity index is 1010. The highest BCUT2D eigenvalue weighted by Crippen LogP contribution is 2.27. The number of hydrogen-bond donors (Lipinski definition) is 2. The van der Waals surface area contributed by atoms with Crippen LogP contribution in [0.25, 0.3) is 11.0 Å². The van der Waals surface area contributed by atoms with Gasteiger partial charge in [0.25, 0.3) is 0 Å². The molecule has 1 aliphatic heterocycles. The van der Waals surface area contributed by atoms with Gasteiger partial charge in [-0.3, -0.25) is 0 Å². The zero-order valence-corrected chi connectivity index (χ0v) is 14.2. The number of fused-ring (bicyclic) bond motifs is 1. The van der Waals surface area contributed by atoms with Crippen LogP contribution in [-0.4, -0.2) is 41.1 Å². The maximum Gasteiger partial charge on any atom is 0.162 e. The van der Waals surface area contributed by atoms with E-state index in [0.717, 1.165) is 18.9 Å². The zero-order chi connectivity index (χ0) is 18.1. The van der Waals surface area contributed by atoms with Crippen LogP contribution in [-0.2, 0) is 0 Å². The lowest BCUT2D eigenvalue weighted by molar-refractivity contribution is 0.447. The summed E-state index contributed by atoms with van der Waals surface area (Å²) in [4.78, 5) is 15.3. The molecule has 0 amide bonds. The molecule has 0 atom stereocenters. The van der Waals surface area contributed by atoms with Crippen molar-refractivity contribution in [2.45, 2.75) is 6.04 Å². The third-order valence-electron chi connectivity index (χ3n) is 4.49. The molecule has 1 saturated heterocycles. The van der Waals surface area contributed by atoms with Gasteiger partial charge in [-0.05, 0) is 31.3 Å². The molecular weight excluding hydrogens is 331 g/mol. The number of nitrogens with one attached hydrogen (secondary N) is 2. The van der Waals surface area contributed by atoms with E-state index in [1.807, 2.05) is 19.2 Å². The molecule has 0 saturated carbocycles. The first-order valence-corrected chi connectivity index (χ1v) is 8.25. The molecule has 7 heteroatoms. The van der Waals surface area contributed by atoms with Crippen molar-refractivity contribution in [1.29, 1.82) is 0 Å². The normalized spacial score (nSPS) is 14.1. The molecule has 4 rings (SSSR count). The number of benzene rings is 1. The molecule has 0 spiro atoms. The lowest BCUT2D eigenvalue weighted by Crippen LogP contribution is -2.57. The Kier molecular flexibility index (Phi) is 4.11. The molecule has 0 radical (unpaired) electrons. The van der Waals surface area contributed by atoms with E-state index in [-0.39, 0.29) is 11.3 Å². The highest BCUT2D eigenvalue weighted by molar-refractivity contribution is 5.88. The summed E-state index contributed by atoms with van der Waals surface area (Å²) in [5, 5.41) is 6.23. The highest BCUT2D eigenvalue weighted by atomic mass is 19.1. The van der Waals surface area contributed by atoms with E-state index in [9.17, 15) is 4.39 Å². The number of hydrogen-bond acceptors (Lipinski definition) is 6. The van der Waals surface area contributed by atoms with Crippen molar-refractivity contribution in [2.24, 2.45) is 0 Å². The number of aromatic nitrogens is 3. The van der Waals surface area contributed by atoms with E-state index in [2.05, 4.69) is 36.4 Å². The second-order valence-electron chi connectivity index (χ2n) is 6.09. The van der Waals surface area contributed by atoms with Gasteiger partial charge in [-0.1, -0.05) is 12.0 Å². The van der Waals surface area contributed by atoms with E-state index >= 15 is 0 Å². The minimum atomic E-state index is -0.488. The Hall–Kier alpha value is -3.24. The number of halogens is 1. The van der Waals surface area contributed by atoms with Gasteiger partial charge in [0, 0.05) is 19.1 Å². The molecule has 2 N–H and O–H groups in total. The van der Waals surface area contributed by atoms with Crippen LogP contribution in [0, 0.1) is 18.2 Å². The number of pyridine rings is 1. The molecule has 130 valence electrons. The Balaban J connectivity index is 1.70. The van der Waals surface area contributed by atoms with Gasteiger partial charge in [0.05, 0.1) is 16.8 Å². The summed E-state index contributed by atoms with van der Waals surface area (Å²) < 4.78 is 14.4. The number of rotatable bonds is 4. The lowest BCUT2D eigenvalue weighted by atomic mass is 10.1. The molecule has 0 bridgehead atoms. The summed E-state index contributed by atoms with van der Waals surface area (Å²) in [5.74, 6) is 3.13. The van der Waals surface area contributed by atoms with E-state index in [4.69, 9.17) is 6.42 Å². The Morgan fingerprint density at radius 2 is 2.08 bits per heavy atom. The summed E-state index contributed by atoms with van der Waals surface area (Å²) in [6, 6.07) is 9.16. The van der Waals surface area contributed by atoms with E-state index in [0.29, 0.717) is 22.9 Å². The average Bonchev–Trinajstić information content (AvgIpc) is 2.63. The quantitative estimate of drug-likeness (QED) is 0.706. The van der Waals surface area contributed by atoms with Gasteiger partial charge in [-0.2, -0.15) is 0 Å². The fourth-order valence-corrected chi connectivity index (χ4v) is 2.91. The molecule has 0 unspecified atom stereocenters. The van der Waals surface area contributed by atoms with Crippen LogP contribution in [0.3, 0.4) is 0 Å². The van der Waals surface area contributed by atoms with Gasteiger partial charge in [0.15, 0.2) is 11.6 Å². The Labute approximate surface area is 150 Å². The van der Waals surface area contributed by atoms with Crippen LogP contribution in [0.2, 0.25) is 0 Å². The molecule has 3 heterocycles. The summed E-state index contributed by atoms with van der Waals surface area (Å²) >= 11 is 0. The van der Waals surface area contributed by atoms with Gasteiger partial charge >= 0.3 is 0 Å². The molecular formula is C19H17FN6. The summed E-state index contributed by atoms with van der Waals surface area (Å²) in [5.41, 5.74) is 1.72. The van der Waals surface area contributed by atoms with Gasteiger partial charge in [-0.15, -0.1) is 6.42 Å². The second kappa shape index (κ2) is 6.58. The monoisotopic (exact) mass is 348 g/mol. The van der Waals surface area contributed by atoms with Crippen LogP contribution in [0.4, 0.5) is 21.7 Å². The van der Waals surface area contributed by atoms with Crippen molar-refractivity contribution in [1.82, 2.24) is 20.3 Å². The summed E-state index contributed by atoms with van der Waals surface area (Å²) in [6.45, 7) is 1.79. The Morgan fingerprint density at radius 1 is 1.23 bits per heavy atom. The van der Waals surface area contributed by atoms with Crippen molar-refractivity contribution in [3.05, 3.63) is 48.0 Å². The van der Waals surface area contributed by atoms with Crippen molar-refractivity contribution in [2.75, 3.05) is 30.4 Å². The number of likely N-dealkylation sites (N-methyl/N-ethyl adjacent to an activating group) is 1. The summed E-state index contributed by atoms with van der Waals surface area (Å²) in [6.07, 6.45) is 6.76. The van der Waals surface area contributed by atoms with Crippen LogP contribution in [0.1, 0.15) is 5.56 Å². The third-order valence-corrected chi connectivity index (χ3v) is 4.49. The smallest absolute Gasteiger partial charge is 0.162 e. The largest absolute Gasteiger partial charge is 0.353 e. The zero-order valence-electron chi connectivity index (χ0n) is 14.2. The molecule has 3 aromatic rings. The second-order valence-corrected chi connectivity index (χ2v) is 6.09. The SMILES string of the molecule is C#Cc1cccc(Nc2ncnc3ccc(N4CC(NC)C4)nc23)c1F. The van der Waals surface area contributed by atoms with Crippen LogP contribution in [0.5, 0.6) is 0 Å². The first-order chi connectivity index (χ1) is 12.7. The molecule has 1 fully saturated rings. The molecule has 2 aromatic heterocycles. The maximum atomic E-state index is 14.4. The number of terminal acetylenes is 1. The molecule has 0 aliphatic carbocycles. The summed E-state index contributed by atoms with van der Waals surface area (Å²) in [7, 11) is 1.95. The first kappa shape index (κ1) is 16.2. The fourth-order valence-electron chi connectivity index (χ4n) is 2.91. The van der Waals surface area contributed by atoms with Crippen molar-refractivity contribution in [3.8, 4) is 12.3 Å². The van der Waals surface area contributed by atoms with Crippen molar-refractivity contribution in [3.63, 3.8) is 0 Å². The predicted octanol–water partition coefficient (Wildman–Crippen LogP) is 2.30. The number of anilines is 3. The molecule has 1 aromatic carbocycles. The van der Waals surface area contributed by atoms with Crippen molar-refractivity contribution < 1.29 is 4.39 Å². The van der Waals surface area contributed by atoms with E-state index in [1.165, 1.54) is 6.33 Å². The van der Waals surface area contributed by atoms with Crippen LogP contribution < -0.4 is 15.5 Å². The van der Waals surface area contributed by atoms with Gasteiger partial charge in [0.1, 0.15) is 17.7 Å². The van der Waals surface area contributed by atoms with Crippen molar-refractivity contribution >= 4 is 28.4 Å². The van der Waals surface area contributed by atoms with Crippen LogP contribution >= 0.6 is 0 Å². The molecule has 1 aliphatic rings. The minimum absolute atomic E-state index is 0.195. The van der Waals surface area contributed by atoms with Gasteiger partial charge in [-0.25, -0.2) is 19.3 Å². The van der Waals surface area contributed by atoms with E-state index in [1.54, 1.807) is 18.2 Å². The average molecular weight is 348 g/mol. The fraction of sp³-hybridized carbons (Fsp3) is 0.211. The molecule has 6 nitrogen and oxygen atoms in total. The minimum Gasteiger partial charge on any atom is -0.353 e. The lowest BCUT2D eigenvalue weighted by Gasteiger charge is -2.40. The van der Waals surface area contributed by atoms with Gasteiger partial charge < -0.3 is 15.5 Å². The van der Waals surface area contributed by atoms with Gasteiger partial charge in [0.2, 0.25) is 0 Å². The standard InChI is InChI=1S/C19H17FN6/c1-3-12-5-4-6-14(17(12)20)24-19-18-15(22-11-23-19)7-8-16(25-18)26-9-13(10-26)21-2/h1,4-8,11,13,21H,9-10H2,2H3,(H,22,23,24). The topological polar surface area (TPSA) is 66.0 Å². The van der Waals surface area contributed by atoms with Crippen LogP contribution in [0.15, 0.2) is 36.7 Å². The Morgan fingerprint density at radius 3 is 2.85 bits per heavy atom. The first-order valence-electron chi connectivity index (χ1n) is 8.25. The maximum absolute atomic E-state index is 14.4. The predicted molar refractivity (Wildman–Crippen MR) is 100 cm³/mol. The van der Waals surface area contributed by atoms with E-state index < -0.39 is 5.82 Å².